The minimum Gasteiger partial charge on any atom is -0.494 e. The predicted octanol–water partition coefficient (Wildman–Crippen LogP) is 5.08. The molecule has 1 heterocycles. The fourth-order valence-electron chi connectivity index (χ4n) is 4.86. The van der Waals surface area contributed by atoms with E-state index in [0.717, 1.165) is 36.1 Å². The zero-order valence-electron chi connectivity index (χ0n) is 20.2. The number of nitrogens with zero attached hydrogens (tertiary/aromatic N) is 1. The minimum atomic E-state index is -0.819. The molecule has 6 nitrogen and oxygen atoms in total. The second kappa shape index (κ2) is 12.7. The van der Waals surface area contributed by atoms with Gasteiger partial charge in [-0.2, -0.15) is 0 Å². The van der Waals surface area contributed by atoms with Crippen LogP contribution in [0.2, 0.25) is 0 Å². The predicted molar refractivity (Wildman–Crippen MR) is 135 cm³/mol. The largest absolute Gasteiger partial charge is 0.494 e. The van der Waals surface area contributed by atoms with Crippen molar-refractivity contribution in [3.63, 3.8) is 0 Å². The highest BCUT2D eigenvalue weighted by molar-refractivity contribution is 5.80. The molecule has 1 saturated heterocycles. The zero-order chi connectivity index (χ0) is 24.5. The van der Waals surface area contributed by atoms with Crippen molar-refractivity contribution < 1.29 is 24.2 Å². The number of allylic oxidation sites excluding steroid dienone is 1. The van der Waals surface area contributed by atoms with E-state index in [9.17, 15) is 14.7 Å². The molecule has 2 aromatic carbocycles. The number of aliphatic carboxylic acids is 1. The van der Waals surface area contributed by atoms with Gasteiger partial charge in [0.15, 0.2) is 0 Å². The molecular formula is C29H35NO5. The average molecular weight is 478 g/mol. The molecule has 186 valence electrons. The third-order valence-corrected chi connectivity index (χ3v) is 6.97. The summed E-state index contributed by atoms with van der Waals surface area (Å²) in [5.74, 6) is 0.740. The van der Waals surface area contributed by atoms with Gasteiger partial charge in [-0.15, -0.1) is 0 Å². The summed E-state index contributed by atoms with van der Waals surface area (Å²) in [4.78, 5) is 25.6. The standard InChI is InChI=1S/C29H35NO5/c31-26-12-8-22(20-26)9-13-27(14-15-28(29(32)33)30-16-18-34-19-17-30)35-21-23-6-10-25(11-7-23)24-4-2-1-3-5-24/h1-7,10-11,14,22,28H,8-9,12-13,15-21H2,(H,32,33)/b27-14-. The van der Waals surface area contributed by atoms with E-state index in [1.807, 2.05) is 29.2 Å². The van der Waals surface area contributed by atoms with E-state index in [1.54, 1.807) is 0 Å². The Morgan fingerprint density at radius 1 is 1.09 bits per heavy atom. The normalized spacial score (nSPS) is 20.1. The maximum Gasteiger partial charge on any atom is 0.321 e. The lowest BCUT2D eigenvalue weighted by Gasteiger charge is -2.31. The van der Waals surface area contributed by atoms with Gasteiger partial charge in [-0.25, -0.2) is 0 Å². The molecule has 2 atom stereocenters. The Morgan fingerprint density at radius 3 is 2.46 bits per heavy atom. The Hall–Kier alpha value is -2.96. The van der Waals surface area contributed by atoms with Crippen LogP contribution < -0.4 is 0 Å². The van der Waals surface area contributed by atoms with Crippen molar-refractivity contribution in [2.75, 3.05) is 26.3 Å². The lowest BCUT2D eigenvalue weighted by atomic mass is 10.0. The summed E-state index contributed by atoms with van der Waals surface area (Å²) in [6.45, 7) is 2.80. The molecule has 1 N–H and O–H groups in total. The molecule has 2 unspecified atom stereocenters. The number of ether oxygens (including phenoxy) is 2. The van der Waals surface area contributed by atoms with Gasteiger partial charge in [0.2, 0.25) is 0 Å². The summed E-state index contributed by atoms with van der Waals surface area (Å²) in [5, 5.41) is 9.81. The number of carbonyl (C=O) groups is 2. The number of Topliss-reactive ketones (excluding diaryl/α,β-unsaturated/α-hetero) is 1. The van der Waals surface area contributed by atoms with Gasteiger partial charge in [-0.05, 0) is 47.9 Å². The molecule has 4 rings (SSSR count). The molecule has 0 spiro atoms. The molecule has 0 bridgehead atoms. The Morgan fingerprint density at radius 2 is 1.80 bits per heavy atom. The zero-order valence-corrected chi connectivity index (χ0v) is 20.2. The molecule has 2 fully saturated rings. The summed E-state index contributed by atoms with van der Waals surface area (Å²) in [5.41, 5.74) is 3.40. The summed E-state index contributed by atoms with van der Waals surface area (Å²) in [7, 11) is 0. The number of rotatable bonds is 11. The minimum absolute atomic E-state index is 0.346. The van der Waals surface area contributed by atoms with Crippen LogP contribution >= 0.6 is 0 Å². The lowest BCUT2D eigenvalue weighted by molar-refractivity contribution is -0.144. The number of hydrogen-bond acceptors (Lipinski definition) is 5. The summed E-state index contributed by atoms with van der Waals surface area (Å²) >= 11 is 0. The molecule has 1 saturated carbocycles. The second-order valence-electron chi connectivity index (χ2n) is 9.45. The van der Waals surface area contributed by atoms with Crippen LogP contribution in [-0.2, 0) is 25.7 Å². The van der Waals surface area contributed by atoms with Crippen LogP contribution in [0, 0.1) is 5.92 Å². The first-order valence-corrected chi connectivity index (χ1v) is 12.6. The molecule has 2 aliphatic rings. The highest BCUT2D eigenvalue weighted by Gasteiger charge is 2.27. The Kier molecular flexibility index (Phi) is 9.09. The summed E-state index contributed by atoms with van der Waals surface area (Å²) < 4.78 is 11.6. The van der Waals surface area contributed by atoms with Gasteiger partial charge in [0.25, 0.3) is 0 Å². The molecule has 1 aliphatic carbocycles. The maximum absolute atomic E-state index is 12.0. The smallest absolute Gasteiger partial charge is 0.321 e. The lowest BCUT2D eigenvalue weighted by Crippen LogP contribution is -2.47. The van der Waals surface area contributed by atoms with Crippen molar-refractivity contribution >= 4 is 11.8 Å². The van der Waals surface area contributed by atoms with Gasteiger partial charge in [0.05, 0.1) is 19.0 Å². The van der Waals surface area contributed by atoms with Crippen molar-refractivity contribution in [2.45, 2.75) is 51.2 Å². The first-order valence-electron chi connectivity index (χ1n) is 12.6. The number of ketones is 1. The van der Waals surface area contributed by atoms with Crippen molar-refractivity contribution in [3.8, 4) is 11.1 Å². The first kappa shape index (κ1) is 25.1. The van der Waals surface area contributed by atoms with E-state index in [0.29, 0.717) is 63.9 Å². The van der Waals surface area contributed by atoms with Crippen LogP contribution in [0.1, 0.15) is 44.1 Å². The van der Waals surface area contributed by atoms with Crippen LogP contribution in [-0.4, -0.2) is 54.1 Å². The molecule has 0 amide bonds. The molecular weight excluding hydrogens is 442 g/mol. The maximum atomic E-state index is 12.0. The summed E-state index contributed by atoms with van der Waals surface area (Å²) in [6.07, 6.45) is 6.22. The van der Waals surface area contributed by atoms with Crippen LogP contribution in [0.5, 0.6) is 0 Å². The number of carboxylic acid groups (broad SMARTS) is 1. The molecule has 0 radical (unpaired) electrons. The highest BCUT2D eigenvalue weighted by atomic mass is 16.5. The van der Waals surface area contributed by atoms with Crippen LogP contribution in [0.25, 0.3) is 11.1 Å². The number of hydrogen-bond donors (Lipinski definition) is 1. The quantitative estimate of drug-likeness (QED) is 0.455. The third-order valence-electron chi connectivity index (χ3n) is 6.97. The SMILES string of the molecule is O=C1CCC(CC/C(=C/CC(C(=O)O)N2CCOCC2)OCc2ccc(-c3ccccc3)cc2)C1. The van der Waals surface area contributed by atoms with Crippen molar-refractivity contribution in [1.29, 1.82) is 0 Å². The fourth-order valence-corrected chi connectivity index (χ4v) is 4.86. The van der Waals surface area contributed by atoms with Gasteiger partial charge >= 0.3 is 5.97 Å². The van der Waals surface area contributed by atoms with E-state index < -0.39 is 12.0 Å². The summed E-state index contributed by atoms with van der Waals surface area (Å²) in [6, 6.07) is 18.0. The Balaban J connectivity index is 1.40. The second-order valence-corrected chi connectivity index (χ2v) is 9.45. The number of benzene rings is 2. The highest BCUT2D eigenvalue weighted by Crippen LogP contribution is 2.29. The van der Waals surface area contributed by atoms with Crippen molar-refractivity contribution in [3.05, 3.63) is 72.0 Å². The van der Waals surface area contributed by atoms with Crippen LogP contribution in [0.4, 0.5) is 0 Å². The number of carboxylic acids is 1. The fraction of sp³-hybridized carbons (Fsp3) is 0.448. The van der Waals surface area contributed by atoms with Crippen LogP contribution in [0.15, 0.2) is 66.4 Å². The molecule has 0 aromatic heterocycles. The van der Waals surface area contributed by atoms with Gasteiger partial charge in [-0.3, -0.25) is 14.5 Å². The monoisotopic (exact) mass is 477 g/mol. The van der Waals surface area contributed by atoms with Gasteiger partial charge in [0.1, 0.15) is 18.4 Å². The third kappa shape index (κ3) is 7.51. The van der Waals surface area contributed by atoms with E-state index in [1.165, 1.54) is 5.56 Å². The topological polar surface area (TPSA) is 76.1 Å². The van der Waals surface area contributed by atoms with Crippen molar-refractivity contribution in [2.24, 2.45) is 5.92 Å². The molecule has 35 heavy (non-hydrogen) atoms. The molecule has 1 aliphatic heterocycles. The number of carbonyl (C=O) groups excluding carboxylic acids is 1. The Labute approximate surface area is 207 Å². The average Bonchev–Trinajstić information content (AvgIpc) is 3.31. The van der Waals surface area contributed by atoms with Crippen molar-refractivity contribution in [1.82, 2.24) is 4.90 Å². The molecule has 6 heteroatoms. The number of morpholine rings is 1. The van der Waals surface area contributed by atoms with Gasteiger partial charge in [-0.1, -0.05) is 54.6 Å². The van der Waals surface area contributed by atoms with Gasteiger partial charge < -0.3 is 14.6 Å². The van der Waals surface area contributed by atoms with E-state index in [2.05, 4.69) is 36.4 Å². The van der Waals surface area contributed by atoms with Gasteiger partial charge in [0, 0.05) is 32.4 Å². The van der Waals surface area contributed by atoms with Crippen LogP contribution in [0.3, 0.4) is 0 Å². The van der Waals surface area contributed by atoms with E-state index in [4.69, 9.17) is 9.47 Å². The van der Waals surface area contributed by atoms with E-state index in [-0.39, 0.29) is 0 Å². The van der Waals surface area contributed by atoms with E-state index >= 15 is 0 Å². The molecule has 2 aromatic rings. The first-order chi connectivity index (χ1) is 17.1. The Bertz CT molecular complexity index is 995.